The number of rotatable bonds is 5. The largest absolute Gasteiger partial charge is 0.337 e. The van der Waals surface area contributed by atoms with Gasteiger partial charge in [-0.25, -0.2) is 4.68 Å². The van der Waals surface area contributed by atoms with Gasteiger partial charge in [0.2, 0.25) is 0 Å². The number of nitrogens with zero attached hydrogens (tertiary/aromatic N) is 3. The molecule has 1 fully saturated rings. The fraction of sp³-hybridized carbons (Fsp3) is 0.250. The van der Waals surface area contributed by atoms with Crippen LogP contribution in [0.25, 0.3) is 10.8 Å². The van der Waals surface area contributed by atoms with Gasteiger partial charge < -0.3 is 4.90 Å². The third kappa shape index (κ3) is 4.58. The Labute approximate surface area is 193 Å². The van der Waals surface area contributed by atoms with Crippen molar-refractivity contribution in [3.8, 4) is 0 Å². The smallest absolute Gasteiger partial charge is 0.274 e. The molecule has 0 aliphatic carbocycles. The fourth-order valence-corrected chi connectivity index (χ4v) is 4.69. The monoisotopic (exact) mass is 437 g/mol. The van der Waals surface area contributed by atoms with Crippen LogP contribution in [0.3, 0.4) is 0 Å². The van der Waals surface area contributed by atoms with Crippen molar-refractivity contribution in [2.75, 3.05) is 13.1 Å². The van der Waals surface area contributed by atoms with Crippen LogP contribution < -0.4 is 5.56 Å². The summed E-state index contributed by atoms with van der Waals surface area (Å²) in [5.74, 6) is 0.486. The van der Waals surface area contributed by atoms with Crippen LogP contribution in [0.4, 0.5) is 0 Å². The van der Waals surface area contributed by atoms with Crippen molar-refractivity contribution >= 4 is 16.7 Å². The van der Waals surface area contributed by atoms with Crippen molar-refractivity contribution in [2.45, 2.75) is 25.8 Å². The van der Waals surface area contributed by atoms with E-state index in [2.05, 4.69) is 29.4 Å². The van der Waals surface area contributed by atoms with Crippen molar-refractivity contribution < 1.29 is 4.79 Å². The van der Waals surface area contributed by atoms with Crippen LogP contribution in [0.2, 0.25) is 0 Å². The van der Waals surface area contributed by atoms with Gasteiger partial charge in [0.15, 0.2) is 5.69 Å². The Bertz CT molecular complexity index is 1310. The normalized spacial score (nSPS) is 14.5. The van der Waals surface area contributed by atoms with E-state index in [0.717, 1.165) is 24.8 Å². The van der Waals surface area contributed by atoms with E-state index in [0.29, 0.717) is 42.0 Å². The van der Waals surface area contributed by atoms with Crippen molar-refractivity contribution in [1.29, 1.82) is 0 Å². The van der Waals surface area contributed by atoms with E-state index in [9.17, 15) is 9.59 Å². The predicted molar refractivity (Wildman–Crippen MR) is 130 cm³/mol. The van der Waals surface area contributed by atoms with E-state index in [1.807, 2.05) is 59.5 Å². The minimum absolute atomic E-state index is 0.0915. The second-order valence-electron chi connectivity index (χ2n) is 8.77. The summed E-state index contributed by atoms with van der Waals surface area (Å²) >= 11 is 0. The molecule has 0 unspecified atom stereocenters. The third-order valence-electron chi connectivity index (χ3n) is 6.51. The second-order valence-corrected chi connectivity index (χ2v) is 8.77. The molecule has 1 saturated heterocycles. The first kappa shape index (κ1) is 21.1. The van der Waals surface area contributed by atoms with Gasteiger partial charge >= 0.3 is 0 Å². The SMILES string of the molecule is O=C(c1nn(Cc2ccccc2)c(=O)c2ccccc12)N1CCC(Cc2ccccc2)CC1. The molecule has 0 bridgehead atoms. The maximum atomic E-state index is 13.5. The minimum Gasteiger partial charge on any atom is -0.337 e. The number of carbonyl (C=O) groups is 1. The van der Waals surface area contributed by atoms with Gasteiger partial charge in [-0.05, 0) is 42.4 Å². The van der Waals surface area contributed by atoms with Gasteiger partial charge in [-0.1, -0.05) is 78.9 Å². The predicted octanol–water partition coefficient (Wildman–Crippen LogP) is 4.54. The molecule has 5 nitrogen and oxygen atoms in total. The molecule has 0 radical (unpaired) electrons. The molecule has 1 aliphatic rings. The second kappa shape index (κ2) is 9.41. The number of piperidine rings is 1. The maximum Gasteiger partial charge on any atom is 0.274 e. The van der Waals surface area contributed by atoms with Gasteiger partial charge in [0, 0.05) is 18.5 Å². The van der Waals surface area contributed by atoms with E-state index < -0.39 is 0 Å². The Morgan fingerprint density at radius 3 is 2.03 bits per heavy atom. The third-order valence-corrected chi connectivity index (χ3v) is 6.51. The zero-order chi connectivity index (χ0) is 22.6. The standard InChI is InChI=1S/C28H27N3O2/c32-27-25-14-8-7-13-24(25)26(29-31(27)20-23-11-5-2-6-12-23)28(33)30-17-15-22(16-18-30)19-21-9-3-1-4-10-21/h1-14,22H,15-20H2. The number of aromatic nitrogens is 2. The van der Waals surface area contributed by atoms with E-state index in [1.54, 1.807) is 6.07 Å². The van der Waals surface area contributed by atoms with Crippen LogP contribution in [-0.2, 0) is 13.0 Å². The number of hydrogen-bond acceptors (Lipinski definition) is 3. The lowest BCUT2D eigenvalue weighted by molar-refractivity contribution is 0.0684. The summed E-state index contributed by atoms with van der Waals surface area (Å²) in [6, 6.07) is 27.6. The van der Waals surface area contributed by atoms with Gasteiger partial charge in [0.1, 0.15) is 0 Å². The molecule has 0 saturated carbocycles. The van der Waals surface area contributed by atoms with Gasteiger partial charge in [-0.15, -0.1) is 0 Å². The zero-order valence-corrected chi connectivity index (χ0v) is 18.6. The fourth-order valence-electron chi connectivity index (χ4n) is 4.69. The molecule has 5 heteroatoms. The van der Waals surface area contributed by atoms with E-state index in [4.69, 9.17) is 0 Å². The average Bonchev–Trinajstić information content (AvgIpc) is 2.87. The van der Waals surface area contributed by atoms with Crippen LogP contribution in [0.5, 0.6) is 0 Å². The lowest BCUT2D eigenvalue weighted by Gasteiger charge is -2.32. The number of hydrogen-bond donors (Lipinski definition) is 0. The summed E-state index contributed by atoms with van der Waals surface area (Å²) < 4.78 is 1.42. The molecule has 4 aromatic rings. The summed E-state index contributed by atoms with van der Waals surface area (Å²) in [7, 11) is 0. The van der Waals surface area contributed by atoms with Crippen LogP contribution in [-0.4, -0.2) is 33.7 Å². The Balaban J connectivity index is 1.39. The number of carbonyl (C=O) groups excluding carboxylic acids is 1. The Hall–Kier alpha value is -3.73. The lowest BCUT2D eigenvalue weighted by atomic mass is 9.90. The Kier molecular flexibility index (Phi) is 6.03. The molecule has 1 amide bonds. The Morgan fingerprint density at radius 1 is 0.788 bits per heavy atom. The van der Waals surface area contributed by atoms with Gasteiger partial charge in [0.25, 0.3) is 11.5 Å². The molecule has 33 heavy (non-hydrogen) atoms. The average molecular weight is 438 g/mol. The Morgan fingerprint density at radius 2 is 1.36 bits per heavy atom. The molecule has 0 spiro atoms. The van der Waals surface area contributed by atoms with Gasteiger partial charge in [0.05, 0.1) is 11.9 Å². The summed E-state index contributed by atoms with van der Waals surface area (Å²) in [6.45, 7) is 1.76. The minimum atomic E-state index is -0.174. The molecule has 5 rings (SSSR count). The first-order chi connectivity index (χ1) is 16.2. The highest BCUT2D eigenvalue weighted by Gasteiger charge is 2.27. The zero-order valence-electron chi connectivity index (χ0n) is 18.6. The van der Waals surface area contributed by atoms with E-state index in [-0.39, 0.29) is 11.5 Å². The van der Waals surface area contributed by atoms with E-state index >= 15 is 0 Å². The van der Waals surface area contributed by atoms with Gasteiger partial charge in [-0.2, -0.15) is 5.10 Å². The number of likely N-dealkylation sites (tertiary alicyclic amines) is 1. The number of benzene rings is 3. The first-order valence-electron chi connectivity index (χ1n) is 11.6. The molecular weight excluding hydrogens is 410 g/mol. The topological polar surface area (TPSA) is 55.2 Å². The molecule has 166 valence electrons. The van der Waals surface area contributed by atoms with E-state index in [1.165, 1.54) is 10.2 Å². The van der Waals surface area contributed by atoms with Crippen LogP contribution >= 0.6 is 0 Å². The quantitative estimate of drug-likeness (QED) is 0.461. The molecular formula is C28H27N3O2. The summed E-state index contributed by atoms with van der Waals surface area (Å²) in [5.41, 5.74) is 2.51. The molecule has 3 aromatic carbocycles. The lowest BCUT2D eigenvalue weighted by Crippen LogP contribution is -2.40. The first-order valence-corrected chi connectivity index (χ1v) is 11.6. The highest BCUT2D eigenvalue weighted by molar-refractivity contribution is 6.04. The van der Waals surface area contributed by atoms with Crippen molar-refractivity contribution in [3.63, 3.8) is 0 Å². The molecule has 1 aromatic heterocycles. The highest BCUT2D eigenvalue weighted by Crippen LogP contribution is 2.24. The summed E-state index contributed by atoms with van der Waals surface area (Å²) in [6.07, 6.45) is 3.00. The number of amides is 1. The maximum absolute atomic E-state index is 13.5. The van der Waals surface area contributed by atoms with Crippen LogP contribution in [0.15, 0.2) is 89.7 Å². The van der Waals surface area contributed by atoms with Crippen molar-refractivity contribution in [3.05, 3.63) is 112 Å². The molecule has 1 aliphatic heterocycles. The van der Waals surface area contributed by atoms with Crippen molar-refractivity contribution in [1.82, 2.24) is 14.7 Å². The van der Waals surface area contributed by atoms with Crippen molar-refractivity contribution in [2.24, 2.45) is 5.92 Å². The highest BCUT2D eigenvalue weighted by atomic mass is 16.2. The summed E-state index contributed by atoms with van der Waals surface area (Å²) in [5, 5.41) is 5.73. The van der Waals surface area contributed by atoms with Crippen LogP contribution in [0.1, 0.15) is 34.5 Å². The van der Waals surface area contributed by atoms with Crippen LogP contribution in [0, 0.1) is 5.92 Å². The van der Waals surface area contributed by atoms with Gasteiger partial charge in [-0.3, -0.25) is 9.59 Å². The molecule has 2 heterocycles. The molecule has 0 atom stereocenters. The molecule has 0 N–H and O–H groups in total. The number of fused-ring (bicyclic) bond motifs is 1. The summed E-state index contributed by atoms with van der Waals surface area (Å²) in [4.78, 5) is 28.5.